The highest BCUT2D eigenvalue weighted by Gasteiger charge is 2.27. The molecule has 2 aromatic carbocycles. The second-order valence-electron chi connectivity index (χ2n) is 9.07. The lowest BCUT2D eigenvalue weighted by molar-refractivity contribution is -0.140. The summed E-state index contributed by atoms with van der Waals surface area (Å²) in [7, 11) is -2.18. The van der Waals surface area contributed by atoms with Crippen LogP contribution in [0.4, 0.5) is 10.1 Å². The van der Waals surface area contributed by atoms with Gasteiger partial charge in [0, 0.05) is 26.1 Å². The minimum Gasteiger partial charge on any atom is -0.495 e. The number of ether oxygens (including phenoxy) is 1. The molecule has 1 atom stereocenters. The van der Waals surface area contributed by atoms with Crippen LogP contribution < -0.4 is 14.4 Å². The van der Waals surface area contributed by atoms with Crippen molar-refractivity contribution in [1.82, 2.24) is 10.2 Å². The molecular formula is C26H36FN3O5S. The highest BCUT2D eigenvalue weighted by molar-refractivity contribution is 7.92. The fourth-order valence-corrected chi connectivity index (χ4v) is 4.61. The molecule has 1 unspecified atom stereocenters. The number of para-hydroxylation sites is 2. The van der Waals surface area contributed by atoms with Gasteiger partial charge in [0.05, 0.1) is 19.1 Å². The minimum absolute atomic E-state index is 0.0180. The highest BCUT2D eigenvalue weighted by Crippen LogP contribution is 2.29. The van der Waals surface area contributed by atoms with Gasteiger partial charge in [-0.1, -0.05) is 38.1 Å². The van der Waals surface area contributed by atoms with Crippen molar-refractivity contribution in [1.29, 1.82) is 0 Å². The molecule has 0 aromatic heterocycles. The Morgan fingerprint density at radius 1 is 1.06 bits per heavy atom. The van der Waals surface area contributed by atoms with Crippen molar-refractivity contribution in [3.05, 3.63) is 59.9 Å². The summed E-state index contributed by atoms with van der Waals surface area (Å²) >= 11 is 0. The number of sulfonamides is 1. The number of carbonyl (C=O) groups is 2. The van der Waals surface area contributed by atoms with Crippen LogP contribution in [0.5, 0.6) is 5.75 Å². The maximum atomic E-state index is 13.4. The number of carbonyl (C=O) groups excluding carboxylic acids is 2. The van der Waals surface area contributed by atoms with Crippen molar-refractivity contribution in [3.63, 3.8) is 0 Å². The summed E-state index contributed by atoms with van der Waals surface area (Å²) in [6.07, 6.45) is 1.34. The number of anilines is 1. The van der Waals surface area contributed by atoms with E-state index in [1.807, 2.05) is 13.8 Å². The topological polar surface area (TPSA) is 96.0 Å². The SMILES string of the molecule is COc1ccccc1N(CCCC(=O)N(Cc1ccc(F)cc1)C(C)C(=O)NCC(C)C)S(C)(=O)=O. The molecule has 0 aliphatic rings. The lowest BCUT2D eigenvalue weighted by Gasteiger charge is -2.30. The van der Waals surface area contributed by atoms with Gasteiger partial charge in [-0.25, -0.2) is 12.8 Å². The summed E-state index contributed by atoms with van der Waals surface area (Å²) in [5.41, 5.74) is 1.07. The molecule has 1 N–H and O–H groups in total. The van der Waals surface area contributed by atoms with Crippen molar-refractivity contribution >= 4 is 27.5 Å². The van der Waals surface area contributed by atoms with Gasteiger partial charge in [-0.2, -0.15) is 0 Å². The maximum Gasteiger partial charge on any atom is 0.242 e. The molecule has 2 amide bonds. The summed E-state index contributed by atoms with van der Waals surface area (Å²) in [5, 5.41) is 2.85. The number of amides is 2. The summed E-state index contributed by atoms with van der Waals surface area (Å²) in [5.74, 6) is -0.329. The molecule has 0 aliphatic heterocycles. The Morgan fingerprint density at radius 2 is 1.69 bits per heavy atom. The average Bonchev–Trinajstić information content (AvgIpc) is 2.83. The van der Waals surface area contributed by atoms with Crippen molar-refractivity contribution in [2.45, 2.75) is 46.2 Å². The van der Waals surface area contributed by atoms with Gasteiger partial charge in [-0.15, -0.1) is 0 Å². The number of nitrogens with zero attached hydrogens (tertiary/aromatic N) is 2. The Balaban J connectivity index is 2.18. The summed E-state index contributed by atoms with van der Waals surface area (Å²) in [6.45, 7) is 6.25. The van der Waals surface area contributed by atoms with Crippen LogP contribution in [0.3, 0.4) is 0 Å². The van der Waals surface area contributed by atoms with E-state index in [9.17, 15) is 22.4 Å². The molecule has 198 valence electrons. The number of nitrogens with one attached hydrogen (secondary N) is 1. The zero-order valence-corrected chi connectivity index (χ0v) is 22.3. The second-order valence-corrected chi connectivity index (χ2v) is 11.0. The van der Waals surface area contributed by atoms with Gasteiger partial charge in [-0.05, 0) is 49.1 Å². The minimum atomic E-state index is -3.64. The van der Waals surface area contributed by atoms with E-state index in [-0.39, 0.29) is 43.7 Å². The number of benzene rings is 2. The molecule has 0 saturated heterocycles. The molecule has 0 spiro atoms. The van der Waals surface area contributed by atoms with Gasteiger partial charge in [0.1, 0.15) is 17.6 Å². The van der Waals surface area contributed by atoms with E-state index >= 15 is 0 Å². The van der Waals surface area contributed by atoms with Crippen molar-refractivity contribution in [3.8, 4) is 5.75 Å². The van der Waals surface area contributed by atoms with Gasteiger partial charge >= 0.3 is 0 Å². The van der Waals surface area contributed by atoms with Gasteiger partial charge in [-0.3, -0.25) is 13.9 Å². The van der Waals surface area contributed by atoms with E-state index in [2.05, 4.69) is 5.32 Å². The van der Waals surface area contributed by atoms with Crippen LogP contribution in [0, 0.1) is 11.7 Å². The Morgan fingerprint density at radius 3 is 2.28 bits per heavy atom. The third-order valence-electron chi connectivity index (χ3n) is 5.62. The molecule has 2 aromatic rings. The summed E-state index contributed by atoms with van der Waals surface area (Å²) in [4.78, 5) is 27.5. The first kappa shape index (κ1) is 29.1. The van der Waals surface area contributed by atoms with Gasteiger partial charge in [0.25, 0.3) is 0 Å². The first-order valence-electron chi connectivity index (χ1n) is 11.9. The predicted octanol–water partition coefficient (Wildman–Crippen LogP) is 3.57. The summed E-state index contributed by atoms with van der Waals surface area (Å²) < 4.78 is 44.9. The molecule has 0 aliphatic carbocycles. The van der Waals surface area contributed by atoms with E-state index in [1.54, 1.807) is 43.3 Å². The first-order valence-corrected chi connectivity index (χ1v) is 13.7. The third-order valence-corrected chi connectivity index (χ3v) is 6.80. The van der Waals surface area contributed by atoms with Gasteiger partial charge in [0.2, 0.25) is 21.8 Å². The largest absolute Gasteiger partial charge is 0.495 e. The zero-order chi connectivity index (χ0) is 26.9. The second kappa shape index (κ2) is 13.2. The molecule has 2 rings (SSSR count). The van der Waals surface area contributed by atoms with Crippen molar-refractivity contribution < 1.29 is 27.1 Å². The van der Waals surface area contributed by atoms with Crippen molar-refractivity contribution in [2.24, 2.45) is 5.92 Å². The van der Waals surface area contributed by atoms with Crippen molar-refractivity contribution in [2.75, 3.05) is 30.8 Å². The molecule has 0 bridgehead atoms. The molecule has 36 heavy (non-hydrogen) atoms. The molecule has 0 saturated carbocycles. The van der Waals surface area contributed by atoms with Gasteiger partial charge < -0.3 is 15.0 Å². The number of hydrogen-bond acceptors (Lipinski definition) is 5. The summed E-state index contributed by atoms with van der Waals surface area (Å²) in [6, 6.07) is 11.8. The highest BCUT2D eigenvalue weighted by atomic mass is 32.2. The normalized spacial score (nSPS) is 12.2. The monoisotopic (exact) mass is 521 g/mol. The quantitative estimate of drug-likeness (QED) is 0.435. The average molecular weight is 522 g/mol. The standard InChI is InChI=1S/C26H36FN3O5S/c1-19(2)17-28-26(32)20(3)29(18-21-12-14-22(27)15-13-21)25(31)11-8-16-30(36(5,33)34)23-9-6-7-10-24(23)35-4/h6-7,9-10,12-15,19-20H,8,11,16-18H2,1-5H3,(H,28,32). The zero-order valence-electron chi connectivity index (χ0n) is 21.5. The Hall–Kier alpha value is -3.14. The van der Waals surface area contributed by atoms with Crippen LogP contribution in [-0.2, 0) is 26.2 Å². The number of rotatable bonds is 13. The molecule has 10 heteroatoms. The molecule has 0 radical (unpaired) electrons. The lowest BCUT2D eigenvalue weighted by Crippen LogP contribution is -2.48. The Bertz CT molecular complexity index is 1120. The van der Waals surface area contributed by atoms with Crippen LogP contribution >= 0.6 is 0 Å². The molecule has 0 fully saturated rings. The molecule has 8 nitrogen and oxygen atoms in total. The van der Waals surface area contributed by atoms with Crippen LogP contribution in [0.25, 0.3) is 0 Å². The molecule has 0 heterocycles. The smallest absolute Gasteiger partial charge is 0.242 e. The Kier molecular flexibility index (Phi) is 10.7. The number of halogens is 1. The third kappa shape index (κ3) is 8.51. The first-order chi connectivity index (χ1) is 16.9. The van der Waals surface area contributed by atoms with E-state index < -0.39 is 21.9 Å². The van der Waals surface area contributed by atoms with E-state index in [1.165, 1.54) is 28.4 Å². The van der Waals surface area contributed by atoms with Crippen LogP contribution in [0.2, 0.25) is 0 Å². The number of methoxy groups -OCH3 is 1. The maximum absolute atomic E-state index is 13.4. The Labute approximate surface area is 213 Å². The fourth-order valence-electron chi connectivity index (χ4n) is 3.64. The van der Waals surface area contributed by atoms with Crippen LogP contribution in [0.1, 0.15) is 39.2 Å². The van der Waals surface area contributed by atoms with E-state index in [0.717, 1.165) is 6.26 Å². The number of hydrogen-bond donors (Lipinski definition) is 1. The fraction of sp³-hybridized carbons (Fsp3) is 0.462. The lowest BCUT2D eigenvalue weighted by atomic mass is 10.1. The van der Waals surface area contributed by atoms with Crippen LogP contribution in [-0.4, -0.2) is 57.6 Å². The van der Waals surface area contributed by atoms with Crippen LogP contribution in [0.15, 0.2) is 48.5 Å². The van der Waals surface area contributed by atoms with E-state index in [4.69, 9.17) is 4.74 Å². The van der Waals surface area contributed by atoms with Gasteiger partial charge in [0.15, 0.2) is 0 Å². The van der Waals surface area contributed by atoms with E-state index in [0.29, 0.717) is 23.5 Å². The molecular weight excluding hydrogens is 485 g/mol. The predicted molar refractivity (Wildman–Crippen MR) is 139 cm³/mol.